The van der Waals surface area contributed by atoms with Gasteiger partial charge in [-0.3, -0.25) is 29.3 Å². The fourth-order valence-corrected chi connectivity index (χ4v) is 2.97. The predicted molar refractivity (Wildman–Crippen MR) is 101 cm³/mol. The van der Waals surface area contributed by atoms with Crippen LogP contribution in [0.4, 0.5) is 5.69 Å². The number of benzene rings is 2. The third-order valence-corrected chi connectivity index (χ3v) is 4.44. The number of amides is 3. The predicted octanol–water partition coefficient (Wildman–Crippen LogP) is 2.37. The Balaban J connectivity index is 1.94. The van der Waals surface area contributed by atoms with E-state index in [9.17, 15) is 29.3 Å². The quantitative estimate of drug-likeness (QED) is 0.321. The zero-order chi connectivity index (χ0) is 21.0. The Morgan fingerprint density at radius 3 is 2.07 bits per heavy atom. The van der Waals surface area contributed by atoms with Gasteiger partial charge in [-0.25, -0.2) is 5.01 Å². The molecule has 0 saturated carbocycles. The lowest BCUT2D eigenvalue weighted by atomic mass is 10.1. The molecule has 0 N–H and O–H groups in total. The number of imide groups is 1. The van der Waals surface area contributed by atoms with Crippen LogP contribution in [-0.2, 0) is 9.59 Å². The minimum Gasteiger partial charge on any atom is -0.292 e. The highest BCUT2D eigenvalue weighted by Crippen LogP contribution is 2.20. The molecule has 1 saturated heterocycles. The van der Waals surface area contributed by atoms with E-state index in [1.807, 2.05) is 0 Å². The van der Waals surface area contributed by atoms with E-state index >= 15 is 0 Å². The van der Waals surface area contributed by atoms with Crippen LogP contribution in [0.15, 0.2) is 54.6 Å². The Labute approximate surface area is 165 Å². The summed E-state index contributed by atoms with van der Waals surface area (Å²) in [6.45, 7) is -0.517. The molecular formula is C20H17N3O6. The Morgan fingerprint density at radius 2 is 1.52 bits per heavy atom. The summed E-state index contributed by atoms with van der Waals surface area (Å²) in [7, 11) is 0. The van der Waals surface area contributed by atoms with Crippen molar-refractivity contribution in [1.82, 2.24) is 10.0 Å². The molecule has 0 unspecified atom stereocenters. The lowest BCUT2D eigenvalue weighted by Crippen LogP contribution is -2.56. The van der Waals surface area contributed by atoms with Gasteiger partial charge in [0.1, 0.15) is 6.54 Å². The van der Waals surface area contributed by atoms with Gasteiger partial charge in [0, 0.05) is 36.1 Å². The maximum Gasteiger partial charge on any atom is 0.273 e. The van der Waals surface area contributed by atoms with Gasteiger partial charge in [-0.1, -0.05) is 30.3 Å². The Hall–Kier alpha value is -3.88. The Morgan fingerprint density at radius 1 is 0.931 bits per heavy atom. The van der Waals surface area contributed by atoms with Crippen molar-refractivity contribution in [2.24, 2.45) is 0 Å². The van der Waals surface area contributed by atoms with Crippen LogP contribution in [-0.4, -0.2) is 45.0 Å². The molecule has 1 aliphatic heterocycles. The second-order valence-corrected chi connectivity index (χ2v) is 6.41. The number of hydrazine groups is 1. The van der Waals surface area contributed by atoms with Crippen LogP contribution in [0, 0.1) is 10.1 Å². The van der Waals surface area contributed by atoms with Gasteiger partial charge >= 0.3 is 0 Å². The number of piperidine rings is 1. The summed E-state index contributed by atoms with van der Waals surface area (Å²) in [4.78, 5) is 60.6. The number of non-ortho nitro benzene ring substituents is 1. The summed E-state index contributed by atoms with van der Waals surface area (Å²) < 4.78 is 0. The highest BCUT2D eigenvalue weighted by molar-refractivity contribution is 6.06. The summed E-state index contributed by atoms with van der Waals surface area (Å²) in [5, 5.41) is 12.4. The molecule has 2 aromatic carbocycles. The molecule has 148 valence electrons. The summed E-state index contributed by atoms with van der Waals surface area (Å²) in [5.74, 6) is -2.37. The number of hydrogen-bond acceptors (Lipinski definition) is 6. The van der Waals surface area contributed by atoms with Crippen molar-refractivity contribution in [2.75, 3.05) is 6.54 Å². The van der Waals surface area contributed by atoms with Crippen LogP contribution in [0.25, 0.3) is 0 Å². The van der Waals surface area contributed by atoms with Gasteiger partial charge in [0.25, 0.3) is 11.6 Å². The Kier molecular flexibility index (Phi) is 5.77. The van der Waals surface area contributed by atoms with Gasteiger partial charge in [0.15, 0.2) is 5.78 Å². The molecule has 1 fully saturated rings. The van der Waals surface area contributed by atoms with Crippen molar-refractivity contribution in [3.8, 4) is 0 Å². The lowest BCUT2D eigenvalue weighted by molar-refractivity contribution is -0.384. The number of carbonyl (C=O) groups excluding carboxylic acids is 4. The van der Waals surface area contributed by atoms with Crippen molar-refractivity contribution in [2.45, 2.75) is 19.3 Å². The minimum atomic E-state index is -0.771. The van der Waals surface area contributed by atoms with Gasteiger partial charge < -0.3 is 0 Å². The topological polar surface area (TPSA) is 118 Å². The smallest absolute Gasteiger partial charge is 0.273 e. The second kappa shape index (κ2) is 8.42. The third kappa shape index (κ3) is 4.34. The molecule has 1 aliphatic rings. The average molecular weight is 395 g/mol. The maximum atomic E-state index is 13.0. The van der Waals surface area contributed by atoms with Gasteiger partial charge in [-0.2, -0.15) is 5.01 Å². The molecular weight excluding hydrogens is 378 g/mol. The molecule has 0 bridgehead atoms. The standard InChI is InChI=1S/C20H17N3O6/c24-17(14-5-2-1-3-6-14)13-21(22-18(25)7-4-8-19(22)26)20(27)15-9-11-16(12-10-15)23(28)29/h1-3,5-6,9-12H,4,7-8,13H2. The van der Waals surface area contributed by atoms with Crippen LogP contribution in [0.5, 0.6) is 0 Å². The highest BCUT2D eigenvalue weighted by atomic mass is 16.6. The van der Waals surface area contributed by atoms with E-state index in [-0.39, 0.29) is 24.1 Å². The first kappa shape index (κ1) is 19.9. The molecule has 9 nitrogen and oxygen atoms in total. The number of carbonyl (C=O) groups is 4. The van der Waals surface area contributed by atoms with E-state index in [0.29, 0.717) is 17.0 Å². The SMILES string of the molecule is O=C(CN(C(=O)c1ccc([N+](=O)[O-])cc1)N1C(=O)CCCC1=O)c1ccccc1. The minimum absolute atomic E-state index is 0.0163. The lowest BCUT2D eigenvalue weighted by Gasteiger charge is -2.35. The number of nitro benzene ring substituents is 1. The average Bonchev–Trinajstić information content (AvgIpc) is 2.73. The fourth-order valence-electron chi connectivity index (χ4n) is 2.97. The van der Waals surface area contributed by atoms with Crippen molar-refractivity contribution >= 4 is 29.2 Å². The molecule has 0 atom stereocenters. The van der Waals surface area contributed by atoms with Gasteiger partial charge in [0.2, 0.25) is 11.8 Å². The van der Waals surface area contributed by atoms with Crippen molar-refractivity contribution in [1.29, 1.82) is 0 Å². The summed E-state index contributed by atoms with van der Waals surface area (Å²) >= 11 is 0. The van der Waals surface area contributed by atoms with E-state index in [4.69, 9.17) is 0 Å². The van der Waals surface area contributed by atoms with E-state index in [0.717, 1.165) is 17.1 Å². The van der Waals surface area contributed by atoms with Gasteiger partial charge in [-0.05, 0) is 18.6 Å². The summed E-state index contributed by atoms with van der Waals surface area (Å²) in [5.41, 5.74) is 0.132. The van der Waals surface area contributed by atoms with Crippen LogP contribution < -0.4 is 0 Å². The van der Waals surface area contributed by atoms with Crippen molar-refractivity contribution in [3.63, 3.8) is 0 Å². The van der Waals surface area contributed by atoms with Gasteiger partial charge in [0.05, 0.1) is 4.92 Å². The second-order valence-electron chi connectivity index (χ2n) is 6.41. The molecule has 0 aromatic heterocycles. The molecule has 29 heavy (non-hydrogen) atoms. The number of hydrogen-bond donors (Lipinski definition) is 0. The molecule has 3 amide bonds. The number of ketones is 1. The van der Waals surface area contributed by atoms with Crippen LogP contribution >= 0.6 is 0 Å². The largest absolute Gasteiger partial charge is 0.292 e. The molecule has 0 radical (unpaired) electrons. The Bertz CT molecular complexity index is 955. The number of nitro groups is 1. The summed E-state index contributed by atoms with van der Waals surface area (Å²) in [6.07, 6.45) is 0.533. The van der Waals surface area contributed by atoms with Crippen LogP contribution in [0.3, 0.4) is 0 Å². The number of Topliss-reactive ketones (excluding diaryl/α,β-unsaturated/α-hetero) is 1. The zero-order valence-corrected chi connectivity index (χ0v) is 15.3. The molecule has 3 rings (SSSR count). The number of nitrogens with zero attached hydrogens (tertiary/aromatic N) is 3. The third-order valence-electron chi connectivity index (χ3n) is 4.44. The van der Waals surface area contributed by atoms with E-state index in [1.165, 1.54) is 12.1 Å². The first-order chi connectivity index (χ1) is 13.9. The maximum absolute atomic E-state index is 13.0. The fraction of sp³-hybridized carbons (Fsp3) is 0.200. The first-order valence-corrected chi connectivity index (χ1v) is 8.89. The highest BCUT2D eigenvalue weighted by Gasteiger charge is 2.36. The van der Waals surface area contributed by atoms with E-state index in [1.54, 1.807) is 30.3 Å². The molecule has 0 aliphatic carbocycles. The molecule has 9 heteroatoms. The van der Waals surface area contributed by atoms with Crippen molar-refractivity contribution in [3.05, 3.63) is 75.8 Å². The zero-order valence-electron chi connectivity index (χ0n) is 15.3. The van der Waals surface area contributed by atoms with Crippen LogP contribution in [0.2, 0.25) is 0 Å². The van der Waals surface area contributed by atoms with Gasteiger partial charge in [-0.15, -0.1) is 0 Å². The molecule has 1 heterocycles. The van der Waals surface area contributed by atoms with Crippen molar-refractivity contribution < 1.29 is 24.1 Å². The monoisotopic (exact) mass is 395 g/mol. The van der Waals surface area contributed by atoms with E-state index < -0.39 is 35.0 Å². The summed E-state index contributed by atoms with van der Waals surface area (Å²) in [6, 6.07) is 12.9. The molecule has 0 spiro atoms. The first-order valence-electron chi connectivity index (χ1n) is 8.89. The van der Waals surface area contributed by atoms with E-state index in [2.05, 4.69) is 0 Å². The molecule has 2 aromatic rings. The van der Waals surface area contributed by atoms with Crippen LogP contribution in [0.1, 0.15) is 40.0 Å². The number of rotatable bonds is 6. The normalized spacial score (nSPS) is 13.9.